The summed E-state index contributed by atoms with van der Waals surface area (Å²) in [6.07, 6.45) is 2.33. The molecule has 0 radical (unpaired) electrons. The lowest BCUT2D eigenvalue weighted by Crippen LogP contribution is -2.19. The predicted octanol–water partition coefficient (Wildman–Crippen LogP) is 1.68. The van der Waals surface area contributed by atoms with E-state index >= 15 is 0 Å². The Morgan fingerprint density at radius 2 is 2.41 bits per heavy atom. The van der Waals surface area contributed by atoms with Gasteiger partial charge in [-0.3, -0.25) is 0 Å². The molecule has 2 aromatic heterocycles. The van der Waals surface area contributed by atoms with Crippen LogP contribution in [-0.2, 0) is 6.42 Å². The molecule has 3 N–H and O–H groups in total. The molecule has 0 aliphatic rings. The lowest BCUT2D eigenvalue weighted by atomic mass is 10.2. The zero-order valence-electron chi connectivity index (χ0n) is 9.22. The first-order chi connectivity index (χ1) is 7.99. The summed E-state index contributed by atoms with van der Waals surface area (Å²) in [7, 11) is 0. The number of carbonyl (C=O) groups is 1. The van der Waals surface area contributed by atoms with Crippen molar-refractivity contribution in [2.45, 2.75) is 19.4 Å². The normalized spacial score (nSPS) is 12.9. The van der Waals surface area contributed by atoms with E-state index in [9.17, 15) is 4.79 Å². The summed E-state index contributed by atoms with van der Waals surface area (Å²) in [5, 5.41) is 9.10. The minimum Gasteiger partial charge on any atom is -0.476 e. The first kappa shape index (κ1) is 12.1. The fraction of sp³-hybridized carbons (Fsp3) is 0.273. The number of carboxylic acids is 1. The van der Waals surface area contributed by atoms with E-state index in [0.29, 0.717) is 17.8 Å². The smallest absolute Gasteiger partial charge is 0.356 e. The van der Waals surface area contributed by atoms with Crippen LogP contribution < -0.4 is 5.73 Å². The van der Waals surface area contributed by atoms with Gasteiger partial charge in [0.25, 0.3) is 0 Å². The second-order valence-electron chi connectivity index (χ2n) is 3.96. The number of fused-ring (bicyclic) bond motifs is 1. The highest BCUT2D eigenvalue weighted by atomic mass is 79.9. The Morgan fingerprint density at radius 3 is 3.00 bits per heavy atom. The van der Waals surface area contributed by atoms with Gasteiger partial charge < -0.3 is 15.2 Å². The summed E-state index contributed by atoms with van der Waals surface area (Å²) < 4.78 is 2.58. The Balaban J connectivity index is 2.66. The Labute approximate surface area is 106 Å². The summed E-state index contributed by atoms with van der Waals surface area (Å²) in [5.41, 5.74) is 6.35. The molecule has 90 valence electrons. The quantitative estimate of drug-likeness (QED) is 0.903. The van der Waals surface area contributed by atoms with Crippen molar-refractivity contribution in [1.82, 2.24) is 9.38 Å². The minimum atomic E-state index is -1.03. The van der Waals surface area contributed by atoms with Crippen LogP contribution >= 0.6 is 15.9 Å². The molecule has 17 heavy (non-hydrogen) atoms. The van der Waals surface area contributed by atoms with E-state index in [1.807, 2.05) is 13.0 Å². The molecule has 0 bridgehead atoms. The van der Waals surface area contributed by atoms with Gasteiger partial charge in [-0.05, 0) is 19.1 Å². The third kappa shape index (κ3) is 2.32. The molecule has 0 amide bonds. The van der Waals surface area contributed by atoms with Crippen molar-refractivity contribution >= 4 is 27.4 Å². The van der Waals surface area contributed by atoms with Gasteiger partial charge in [-0.15, -0.1) is 0 Å². The van der Waals surface area contributed by atoms with Crippen molar-refractivity contribution in [2.24, 2.45) is 5.73 Å². The molecule has 0 saturated carbocycles. The standard InChI is InChI=1S/C11H12BrN3O2/c1-6(13)4-9-14-10(11(16)17)8-5-7(12)2-3-15(8)9/h2-3,5-6H,4,13H2,1H3,(H,16,17). The summed E-state index contributed by atoms with van der Waals surface area (Å²) in [6.45, 7) is 1.86. The molecule has 6 heteroatoms. The minimum absolute atomic E-state index is 0.0574. The fourth-order valence-corrected chi connectivity index (χ4v) is 2.05. The molecule has 0 aliphatic carbocycles. The van der Waals surface area contributed by atoms with E-state index in [0.717, 1.165) is 4.47 Å². The number of hydrogen-bond donors (Lipinski definition) is 2. The molecular formula is C11H12BrN3O2. The molecular weight excluding hydrogens is 286 g/mol. The number of imidazole rings is 1. The number of nitrogens with two attached hydrogens (primary N) is 1. The van der Waals surface area contributed by atoms with Crippen molar-refractivity contribution in [2.75, 3.05) is 0 Å². The first-order valence-corrected chi connectivity index (χ1v) is 5.93. The molecule has 2 rings (SSSR count). The summed E-state index contributed by atoms with van der Waals surface area (Å²) >= 11 is 3.32. The number of halogens is 1. The van der Waals surface area contributed by atoms with Gasteiger partial charge in [-0.2, -0.15) is 0 Å². The highest BCUT2D eigenvalue weighted by molar-refractivity contribution is 9.10. The number of aromatic nitrogens is 2. The summed E-state index contributed by atoms with van der Waals surface area (Å²) in [6, 6.07) is 3.51. The van der Waals surface area contributed by atoms with Crippen LogP contribution in [0.1, 0.15) is 23.2 Å². The summed E-state index contributed by atoms with van der Waals surface area (Å²) in [4.78, 5) is 15.2. The van der Waals surface area contributed by atoms with Crippen molar-refractivity contribution in [3.63, 3.8) is 0 Å². The number of nitrogens with zero attached hydrogens (tertiary/aromatic N) is 2. The maximum absolute atomic E-state index is 11.1. The zero-order valence-corrected chi connectivity index (χ0v) is 10.8. The third-order valence-electron chi connectivity index (χ3n) is 2.39. The van der Waals surface area contributed by atoms with E-state index < -0.39 is 5.97 Å². The molecule has 2 heterocycles. The van der Waals surface area contributed by atoms with Crippen LogP contribution in [0.5, 0.6) is 0 Å². The van der Waals surface area contributed by atoms with Gasteiger partial charge in [0.2, 0.25) is 0 Å². The molecule has 0 aliphatic heterocycles. The van der Waals surface area contributed by atoms with Gasteiger partial charge in [-0.1, -0.05) is 15.9 Å². The van der Waals surface area contributed by atoms with Crippen LogP contribution in [-0.4, -0.2) is 26.5 Å². The van der Waals surface area contributed by atoms with Gasteiger partial charge in [0.05, 0.1) is 5.52 Å². The highest BCUT2D eigenvalue weighted by Crippen LogP contribution is 2.19. The Hall–Kier alpha value is -1.40. The van der Waals surface area contributed by atoms with Crippen molar-refractivity contribution in [3.05, 3.63) is 34.3 Å². The Morgan fingerprint density at radius 1 is 1.71 bits per heavy atom. The average Bonchev–Trinajstić information content (AvgIpc) is 2.55. The molecule has 0 spiro atoms. The van der Waals surface area contributed by atoms with E-state index in [4.69, 9.17) is 10.8 Å². The van der Waals surface area contributed by atoms with Gasteiger partial charge in [0.1, 0.15) is 5.82 Å². The second-order valence-corrected chi connectivity index (χ2v) is 4.88. The van der Waals surface area contributed by atoms with Crippen LogP contribution in [0.2, 0.25) is 0 Å². The fourth-order valence-electron chi connectivity index (χ4n) is 1.71. The largest absolute Gasteiger partial charge is 0.476 e. The number of rotatable bonds is 3. The van der Waals surface area contributed by atoms with Crippen LogP contribution in [0.4, 0.5) is 0 Å². The molecule has 5 nitrogen and oxygen atoms in total. The van der Waals surface area contributed by atoms with E-state index in [-0.39, 0.29) is 11.7 Å². The molecule has 1 unspecified atom stereocenters. The summed E-state index contributed by atoms with van der Waals surface area (Å²) in [5.74, 6) is -0.364. The molecule has 2 aromatic rings. The monoisotopic (exact) mass is 297 g/mol. The van der Waals surface area contributed by atoms with E-state index in [1.165, 1.54) is 0 Å². The first-order valence-electron chi connectivity index (χ1n) is 5.14. The Bertz CT molecular complexity index is 577. The van der Waals surface area contributed by atoms with Gasteiger partial charge in [0, 0.05) is 23.1 Å². The number of carboxylic acid groups (broad SMARTS) is 1. The average molecular weight is 298 g/mol. The molecule has 0 saturated heterocycles. The topological polar surface area (TPSA) is 80.6 Å². The number of pyridine rings is 1. The maximum Gasteiger partial charge on any atom is 0.356 e. The molecule has 0 aromatic carbocycles. The van der Waals surface area contributed by atoms with Gasteiger partial charge >= 0.3 is 5.97 Å². The maximum atomic E-state index is 11.1. The van der Waals surface area contributed by atoms with Crippen LogP contribution in [0.15, 0.2) is 22.8 Å². The van der Waals surface area contributed by atoms with Crippen molar-refractivity contribution in [1.29, 1.82) is 0 Å². The third-order valence-corrected chi connectivity index (χ3v) is 2.88. The van der Waals surface area contributed by atoms with E-state index in [2.05, 4.69) is 20.9 Å². The SMILES string of the molecule is CC(N)Cc1nc(C(=O)O)c2cc(Br)ccn12. The van der Waals surface area contributed by atoms with Crippen LogP contribution in [0, 0.1) is 0 Å². The van der Waals surface area contributed by atoms with Crippen LogP contribution in [0.3, 0.4) is 0 Å². The zero-order chi connectivity index (χ0) is 12.6. The highest BCUT2D eigenvalue weighted by Gasteiger charge is 2.17. The predicted molar refractivity (Wildman–Crippen MR) is 67.2 cm³/mol. The molecule has 0 fully saturated rings. The molecule has 1 atom stereocenters. The van der Waals surface area contributed by atoms with Crippen molar-refractivity contribution < 1.29 is 9.90 Å². The van der Waals surface area contributed by atoms with Crippen LogP contribution in [0.25, 0.3) is 5.52 Å². The van der Waals surface area contributed by atoms with E-state index in [1.54, 1.807) is 16.7 Å². The number of aromatic carboxylic acids is 1. The Kier molecular flexibility index (Phi) is 3.17. The second kappa shape index (κ2) is 4.46. The van der Waals surface area contributed by atoms with Crippen molar-refractivity contribution in [3.8, 4) is 0 Å². The van der Waals surface area contributed by atoms with Gasteiger partial charge in [-0.25, -0.2) is 9.78 Å². The number of hydrogen-bond acceptors (Lipinski definition) is 3. The van der Waals surface area contributed by atoms with Gasteiger partial charge in [0.15, 0.2) is 5.69 Å². The lowest BCUT2D eigenvalue weighted by Gasteiger charge is -2.03. The lowest BCUT2D eigenvalue weighted by molar-refractivity contribution is 0.0693.